The molecule has 0 fully saturated rings. The molecule has 132 valence electrons. The second kappa shape index (κ2) is 7.83. The number of hydrogen-bond acceptors (Lipinski definition) is 2. The maximum Gasteiger partial charge on any atom is 0.225 e. The van der Waals surface area contributed by atoms with Crippen molar-refractivity contribution in [3.05, 3.63) is 84.2 Å². The van der Waals surface area contributed by atoms with Crippen LogP contribution >= 0.6 is 0 Å². The molecule has 0 aromatic heterocycles. The molecule has 1 unspecified atom stereocenters. The van der Waals surface area contributed by atoms with Crippen molar-refractivity contribution in [1.29, 1.82) is 0 Å². The first-order valence-electron chi connectivity index (χ1n) is 8.47. The highest BCUT2D eigenvalue weighted by atomic mass is 19.1. The Morgan fingerprint density at radius 2 is 1.65 bits per heavy atom. The van der Waals surface area contributed by atoms with Gasteiger partial charge in [-0.1, -0.05) is 61.5 Å². The normalized spacial score (nSPS) is 11.8. The third-order valence-electron chi connectivity index (χ3n) is 4.33. The molecule has 4 heteroatoms. The number of para-hydroxylation sites is 2. The highest BCUT2D eigenvalue weighted by Gasteiger charge is 2.13. The van der Waals surface area contributed by atoms with Gasteiger partial charge in [0.15, 0.2) is 0 Å². The van der Waals surface area contributed by atoms with E-state index in [-0.39, 0.29) is 29.8 Å². The summed E-state index contributed by atoms with van der Waals surface area (Å²) in [5.74, 6) is -0.384. The predicted molar refractivity (Wildman–Crippen MR) is 102 cm³/mol. The molecule has 1 atom stereocenters. The number of rotatable bonds is 5. The number of phenolic OH excluding ortho intramolecular Hbond substituents is 1. The molecule has 0 saturated carbocycles. The standard InChI is InChI=1S/C22H20FNO2/c1-15(14-22(26)24-20-8-4-5-9-21(20)25)16-10-12-17(13-11-16)18-6-2-3-7-19(18)23/h2-13,15,25H,14H2,1H3,(H,24,26). The second-order valence-corrected chi connectivity index (χ2v) is 6.27. The van der Waals surface area contributed by atoms with E-state index in [2.05, 4.69) is 5.32 Å². The minimum Gasteiger partial charge on any atom is -0.506 e. The summed E-state index contributed by atoms with van der Waals surface area (Å²) in [6.45, 7) is 1.96. The number of amides is 1. The van der Waals surface area contributed by atoms with Crippen molar-refractivity contribution in [2.24, 2.45) is 0 Å². The van der Waals surface area contributed by atoms with Gasteiger partial charge in [0, 0.05) is 12.0 Å². The maximum atomic E-state index is 13.9. The van der Waals surface area contributed by atoms with Gasteiger partial charge >= 0.3 is 0 Å². The molecule has 2 N–H and O–H groups in total. The van der Waals surface area contributed by atoms with Crippen LogP contribution in [0.15, 0.2) is 72.8 Å². The molecule has 1 amide bonds. The highest BCUT2D eigenvalue weighted by molar-refractivity contribution is 5.92. The van der Waals surface area contributed by atoms with Gasteiger partial charge in [0.1, 0.15) is 11.6 Å². The Bertz CT molecular complexity index is 906. The molecule has 0 aliphatic carbocycles. The number of nitrogens with one attached hydrogen (secondary N) is 1. The zero-order valence-electron chi connectivity index (χ0n) is 14.4. The fourth-order valence-electron chi connectivity index (χ4n) is 2.86. The Morgan fingerprint density at radius 3 is 2.35 bits per heavy atom. The minimum atomic E-state index is -0.254. The molecule has 0 aliphatic heterocycles. The lowest BCUT2D eigenvalue weighted by Crippen LogP contribution is -2.14. The van der Waals surface area contributed by atoms with Crippen LogP contribution in [0.25, 0.3) is 11.1 Å². The molecular formula is C22H20FNO2. The molecule has 3 aromatic rings. The van der Waals surface area contributed by atoms with E-state index in [1.54, 1.807) is 36.4 Å². The Labute approximate surface area is 152 Å². The summed E-state index contributed by atoms with van der Waals surface area (Å²) in [6.07, 6.45) is 0.285. The van der Waals surface area contributed by atoms with Crippen LogP contribution in [-0.4, -0.2) is 11.0 Å². The van der Waals surface area contributed by atoms with Crippen LogP contribution in [0.3, 0.4) is 0 Å². The molecule has 3 aromatic carbocycles. The monoisotopic (exact) mass is 349 g/mol. The van der Waals surface area contributed by atoms with E-state index < -0.39 is 0 Å². The Hall–Kier alpha value is -3.14. The zero-order chi connectivity index (χ0) is 18.5. The van der Waals surface area contributed by atoms with Crippen molar-refractivity contribution in [2.45, 2.75) is 19.3 Å². The Morgan fingerprint density at radius 1 is 1.00 bits per heavy atom. The zero-order valence-corrected chi connectivity index (χ0v) is 14.4. The molecule has 3 nitrogen and oxygen atoms in total. The molecule has 26 heavy (non-hydrogen) atoms. The molecule has 0 radical (unpaired) electrons. The number of phenols is 1. The van der Waals surface area contributed by atoms with Gasteiger partial charge in [-0.3, -0.25) is 4.79 Å². The van der Waals surface area contributed by atoms with Gasteiger partial charge in [-0.2, -0.15) is 0 Å². The van der Waals surface area contributed by atoms with Gasteiger partial charge in [-0.15, -0.1) is 0 Å². The van der Waals surface area contributed by atoms with Gasteiger partial charge in [0.25, 0.3) is 0 Å². The molecule has 0 heterocycles. The third-order valence-corrected chi connectivity index (χ3v) is 4.33. The van der Waals surface area contributed by atoms with E-state index in [1.807, 2.05) is 31.2 Å². The summed E-state index contributed by atoms with van der Waals surface area (Å²) in [5, 5.41) is 12.4. The molecular weight excluding hydrogens is 329 g/mol. The van der Waals surface area contributed by atoms with Crippen LogP contribution in [0.1, 0.15) is 24.8 Å². The summed E-state index contributed by atoms with van der Waals surface area (Å²) in [6, 6.07) is 20.8. The first-order valence-corrected chi connectivity index (χ1v) is 8.47. The number of aromatic hydroxyl groups is 1. The van der Waals surface area contributed by atoms with E-state index in [0.717, 1.165) is 11.1 Å². The minimum absolute atomic E-state index is 0.00414. The fraction of sp³-hybridized carbons (Fsp3) is 0.136. The number of carbonyl (C=O) groups excluding carboxylic acids is 1. The summed E-state index contributed by atoms with van der Waals surface area (Å²) in [7, 11) is 0. The van der Waals surface area contributed by atoms with E-state index in [9.17, 15) is 14.3 Å². The van der Waals surface area contributed by atoms with Crippen LogP contribution in [-0.2, 0) is 4.79 Å². The number of hydrogen-bond donors (Lipinski definition) is 2. The molecule has 0 bridgehead atoms. The largest absolute Gasteiger partial charge is 0.506 e. The molecule has 0 spiro atoms. The van der Waals surface area contributed by atoms with Gasteiger partial charge in [0.05, 0.1) is 5.69 Å². The van der Waals surface area contributed by atoms with Crippen molar-refractivity contribution >= 4 is 11.6 Å². The maximum absolute atomic E-state index is 13.9. The quantitative estimate of drug-likeness (QED) is 0.612. The van der Waals surface area contributed by atoms with Gasteiger partial charge < -0.3 is 10.4 Å². The van der Waals surface area contributed by atoms with E-state index in [4.69, 9.17) is 0 Å². The van der Waals surface area contributed by atoms with Gasteiger partial charge in [-0.25, -0.2) is 4.39 Å². The van der Waals surface area contributed by atoms with E-state index >= 15 is 0 Å². The molecule has 3 rings (SSSR count). The van der Waals surface area contributed by atoms with Crippen LogP contribution in [0.2, 0.25) is 0 Å². The van der Waals surface area contributed by atoms with Crippen LogP contribution in [0.4, 0.5) is 10.1 Å². The summed E-state index contributed by atoms with van der Waals surface area (Å²) in [5.41, 5.74) is 2.76. The highest BCUT2D eigenvalue weighted by Crippen LogP contribution is 2.27. The van der Waals surface area contributed by atoms with Crippen molar-refractivity contribution in [3.8, 4) is 16.9 Å². The Balaban J connectivity index is 1.66. The SMILES string of the molecule is CC(CC(=O)Nc1ccccc1O)c1ccc(-c2ccccc2F)cc1. The molecule has 0 aliphatic rings. The lowest BCUT2D eigenvalue weighted by molar-refractivity contribution is -0.116. The summed E-state index contributed by atoms with van der Waals surface area (Å²) in [4.78, 5) is 12.2. The van der Waals surface area contributed by atoms with Crippen LogP contribution < -0.4 is 5.32 Å². The van der Waals surface area contributed by atoms with Crippen molar-refractivity contribution in [2.75, 3.05) is 5.32 Å². The van der Waals surface area contributed by atoms with Crippen molar-refractivity contribution < 1.29 is 14.3 Å². The first kappa shape index (κ1) is 17.7. The number of halogens is 1. The van der Waals surface area contributed by atoms with Crippen molar-refractivity contribution in [1.82, 2.24) is 0 Å². The van der Waals surface area contributed by atoms with Crippen molar-refractivity contribution in [3.63, 3.8) is 0 Å². The van der Waals surface area contributed by atoms with E-state index in [1.165, 1.54) is 12.1 Å². The van der Waals surface area contributed by atoms with Gasteiger partial charge in [-0.05, 0) is 35.2 Å². The summed E-state index contributed by atoms with van der Waals surface area (Å²) < 4.78 is 13.9. The predicted octanol–water partition coefficient (Wildman–Crippen LogP) is 5.33. The average Bonchev–Trinajstić information content (AvgIpc) is 2.64. The Kier molecular flexibility index (Phi) is 5.32. The number of carbonyl (C=O) groups is 1. The van der Waals surface area contributed by atoms with Crippen LogP contribution in [0.5, 0.6) is 5.75 Å². The fourth-order valence-corrected chi connectivity index (χ4v) is 2.86. The van der Waals surface area contributed by atoms with E-state index in [0.29, 0.717) is 11.3 Å². The van der Waals surface area contributed by atoms with Crippen LogP contribution in [0, 0.1) is 5.82 Å². The van der Waals surface area contributed by atoms with Gasteiger partial charge in [0.2, 0.25) is 5.91 Å². The lowest BCUT2D eigenvalue weighted by atomic mass is 9.95. The first-order chi connectivity index (χ1) is 12.5. The molecule has 0 saturated heterocycles. The second-order valence-electron chi connectivity index (χ2n) is 6.27. The third kappa shape index (κ3) is 4.09. The number of anilines is 1. The average molecular weight is 349 g/mol. The topological polar surface area (TPSA) is 49.3 Å². The summed E-state index contributed by atoms with van der Waals surface area (Å²) >= 11 is 0. The smallest absolute Gasteiger partial charge is 0.225 e. The number of benzene rings is 3. The lowest BCUT2D eigenvalue weighted by Gasteiger charge is -2.13.